The lowest BCUT2D eigenvalue weighted by Crippen LogP contribution is -2.08. The lowest BCUT2D eigenvalue weighted by atomic mass is 10.2. The van der Waals surface area contributed by atoms with E-state index in [1.807, 2.05) is 26.2 Å². The first-order valence-electron chi connectivity index (χ1n) is 3.56. The van der Waals surface area contributed by atoms with Gasteiger partial charge in [-0.25, -0.2) is 0 Å². The predicted octanol–water partition coefficient (Wildman–Crippen LogP) is 2.49. The van der Waals surface area contributed by atoms with E-state index >= 15 is 0 Å². The van der Waals surface area contributed by atoms with Crippen molar-refractivity contribution in [3.8, 4) is 0 Å². The van der Waals surface area contributed by atoms with Crippen molar-refractivity contribution in [2.75, 3.05) is 19.0 Å². The van der Waals surface area contributed by atoms with Gasteiger partial charge in [-0.1, -0.05) is 12.1 Å². The summed E-state index contributed by atoms with van der Waals surface area (Å²) in [5.41, 5.74) is 2.36. The molecule has 0 atom stereocenters. The molecule has 0 N–H and O–H groups in total. The molecule has 2 heteroatoms. The van der Waals surface area contributed by atoms with Gasteiger partial charge in [-0.15, -0.1) is 11.6 Å². The highest BCUT2D eigenvalue weighted by atomic mass is 35.5. The highest BCUT2D eigenvalue weighted by Gasteiger charge is 1.94. The van der Waals surface area contributed by atoms with Crippen LogP contribution in [0.3, 0.4) is 0 Å². The molecular formula is C9H12ClN. The van der Waals surface area contributed by atoms with Gasteiger partial charge in [-0.05, 0) is 17.7 Å². The van der Waals surface area contributed by atoms with Crippen molar-refractivity contribution in [2.24, 2.45) is 0 Å². The van der Waals surface area contributed by atoms with E-state index in [9.17, 15) is 0 Å². The maximum absolute atomic E-state index is 5.69. The van der Waals surface area contributed by atoms with Gasteiger partial charge in [0.05, 0.1) is 0 Å². The summed E-state index contributed by atoms with van der Waals surface area (Å²) in [4.78, 5) is 2.07. The SMILES string of the molecule is CN(C)c1cccc(CCl)c1. The molecular weight excluding hydrogens is 158 g/mol. The Labute approximate surface area is 72.6 Å². The summed E-state index contributed by atoms with van der Waals surface area (Å²) in [6, 6.07) is 8.20. The fourth-order valence-electron chi connectivity index (χ4n) is 0.918. The molecule has 0 saturated heterocycles. The molecule has 1 nitrogen and oxygen atoms in total. The van der Waals surface area contributed by atoms with Gasteiger partial charge in [-0.3, -0.25) is 0 Å². The molecule has 0 amide bonds. The number of anilines is 1. The van der Waals surface area contributed by atoms with Crippen LogP contribution in [0.1, 0.15) is 5.56 Å². The standard InChI is InChI=1S/C9H12ClN/c1-11(2)9-5-3-4-8(6-9)7-10/h3-6H,7H2,1-2H3. The average molecular weight is 170 g/mol. The number of nitrogens with zero attached hydrogens (tertiary/aromatic N) is 1. The van der Waals surface area contributed by atoms with Crippen molar-refractivity contribution in [1.29, 1.82) is 0 Å². The van der Waals surface area contributed by atoms with Gasteiger partial charge in [0.2, 0.25) is 0 Å². The minimum absolute atomic E-state index is 0.585. The molecule has 0 aliphatic carbocycles. The molecule has 0 radical (unpaired) electrons. The van der Waals surface area contributed by atoms with Crippen LogP contribution in [0.25, 0.3) is 0 Å². The molecule has 1 aromatic carbocycles. The molecule has 0 aliphatic heterocycles. The normalized spacial score (nSPS) is 9.73. The first kappa shape index (κ1) is 8.41. The van der Waals surface area contributed by atoms with E-state index in [-0.39, 0.29) is 0 Å². The number of hydrogen-bond acceptors (Lipinski definition) is 1. The van der Waals surface area contributed by atoms with E-state index in [1.54, 1.807) is 0 Å². The third kappa shape index (κ3) is 2.12. The molecule has 0 bridgehead atoms. The van der Waals surface area contributed by atoms with Crippen LogP contribution in [0.5, 0.6) is 0 Å². The Morgan fingerprint density at radius 2 is 2.09 bits per heavy atom. The highest BCUT2D eigenvalue weighted by molar-refractivity contribution is 6.17. The van der Waals surface area contributed by atoms with E-state index in [0.29, 0.717) is 5.88 Å². The summed E-state index contributed by atoms with van der Waals surface area (Å²) >= 11 is 5.69. The van der Waals surface area contributed by atoms with Gasteiger partial charge in [0.15, 0.2) is 0 Å². The summed E-state index contributed by atoms with van der Waals surface area (Å²) in [6.07, 6.45) is 0. The molecule has 0 spiro atoms. The van der Waals surface area contributed by atoms with Crippen LogP contribution in [0.4, 0.5) is 5.69 Å². The highest BCUT2D eigenvalue weighted by Crippen LogP contribution is 2.14. The van der Waals surface area contributed by atoms with Crippen molar-refractivity contribution < 1.29 is 0 Å². The number of alkyl halides is 1. The first-order chi connectivity index (χ1) is 5.24. The summed E-state index contributed by atoms with van der Waals surface area (Å²) in [6.45, 7) is 0. The zero-order chi connectivity index (χ0) is 8.27. The van der Waals surface area contributed by atoms with Gasteiger partial charge in [-0.2, -0.15) is 0 Å². The lowest BCUT2D eigenvalue weighted by Gasteiger charge is -2.12. The number of hydrogen-bond donors (Lipinski definition) is 0. The Bertz CT molecular complexity index is 233. The maximum atomic E-state index is 5.69. The van der Waals surface area contributed by atoms with Gasteiger partial charge >= 0.3 is 0 Å². The van der Waals surface area contributed by atoms with Crippen LogP contribution in [0.15, 0.2) is 24.3 Å². The maximum Gasteiger partial charge on any atom is 0.0474 e. The van der Waals surface area contributed by atoms with Crippen LogP contribution in [0.2, 0.25) is 0 Å². The monoisotopic (exact) mass is 169 g/mol. The largest absolute Gasteiger partial charge is 0.378 e. The second-order valence-electron chi connectivity index (χ2n) is 2.70. The Balaban J connectivity index is 2.91. The summed E-state index contributed by atoms with van der Waals surface area (Å²) in [5.74, 6) is 0.585. The molecule has 1 aromatic rings. The summed E-state index contributed by atoms with van der Waals surface area (Å²) in [5, 5.41) is 0. The van der Waals surface area contributed by atoms with Gasteiger partial charge in [0, 0.05) is 25.7 Å². The number of halogens is 1. The molecule has 0 saturated carbocycles. The van der Waals surface area contributed by atoms with Crippen molar-refractivity contribution in [2.45, 2.75) is 5.88 Å². The van der Waals surface area contributed by atoms with Crippen LogP contribution in [0, 0.1) is 0 Å². The molecule has 0 fully saturated rings. The minimum atomic E-state index is 0.585. The van der Waals surface area contributed by atoms with E-state index < -0.39 is 0 Å². The van der Waals surface area contributed by atoms with Crippen molar-refractivity contribution in [3.63, 3.8) is 0 Å². The summed E-state index contributed by atoms with van der Waals surface area (Å²) < 4.78 is 0. The fourth-order valence-corrected chi connectivity index (χ4v) is 1.08. The van der Waals surface area contributed by atoms with Gasteiger partial charge in [0.25, 0.3) is 0 Å². The Morgan fingerprint density at radius 3 is 2.64 bits per heavy atom. The number of rotatable bonds is 2. The predicted molar refractivity (Wildman–Crippen MR) is 50.3 cm³/mol. The molecule has 0 aromatic heterocycles. The van der Waals surface area contributed by atoms with Crippen LogP contribution < -0.4 is 4.90 Å². The van der Waals surface area contributed by atoms with E-state index in [2.05, 4.69) is 17.0 Å². The number of benzene rings is 1. The molecule has 60 valence electrons. The Kier molecular flexibility index (Phi) is 2.77. The quantitative estimate of drug-likeness (QED) is 0.615. The molecule has 11 heavy (non-hydrogen) atoms. The lowest BCUT2D eigenvalue weighted by molar-refractivity contribution is 1.13. The van der Waals surface area contributed by atoms with Crippen LogP contribution in [-0.2, 0) is 5.88 Å². The molecule has 0 unspecified atom stereocenters. The molecule has 1 rings (SSSR count). The second-order valence-corrected chi connectivity index (χ2v) is 2.97. The van der Waals surface area contributed by atoms with E-state index in [1.165, 1.54) is 5.69 Å². The van der Waals surface area contributed by atoms with Crippen molar-refractivity contribution in [1.82, 2.24) is 0 Å². The van der Waals surface area contributed by atoms with Crippen LogP contribution >= 0.6 is 11.6 Å². The Morgan fingerprint density at radius 1 is 1.36 bits per heavy atom. The van der Waals surface area contributed by atoms with Gasteiger partial charge in [0.1, 0.15) is 0 Å². The average Bonchev–Trinajstić information content (AvgIpc) is 2.05. The third-order valence-electron chi connectivity index (χ3n) is 1.58. The molecule has 0 aliphatic rings. The second kappa shape index (κ2) is 3.63. The fraction of sp³-hybridized carbons (Fsp3) is 0.333. The zero-order valence-corrected chi connectivity index (χ0v) is 7.60. The van der Waals surface area contributed by atoms with E-state index in [4.69, 9.17) is 11.6 Å². The van der Waals surface area contributed by atoms with Crippen LogP contribution in [-0.4, -0.2) is 14.1 Å². The van der Waals surface area contributed by atoms with Crippen molar-refractivity contribution in [3.05, 3.63) is 29.8 Å². The van der Waals surface area contributed by atoms with Crippen molar-refractivity contribution >= 4 is 17.3 Å². The Hall–Kier alpha value is -0.690. The molecule has 0 heterocycles. The smallest absolute Gasteiger partial charge is 0.0474 e. The topological polar surface area (TPSA) is 3.24 Å². The zero-order valence-electron chi connectivity index (χ0n) is 6.84. The summed E-state index contributed by atoms with van der Waals surface area (Å²) in [7, 11) is 4.04. The van der Waals surface area contributed by atoms with E-state index in [0.717, 1.165) is 5.56 Å². The third-order valence-corrected chi connectivity index (χ3v) is 1.89. The first-order valence-corrected chi connectivity index (χ1v) is 4.09. The van der Waals surface area contributed by atoms with Gasteiger partial charge < -0.3 is 4.90 Å². The minimum Gasteiger partial charge on any atom is -0.378 e.